The summed E-state index contributed by atoms with van der Waals surface area (Å²) < 4.78 is 5.85. The lowest BCUT2D eigenvalue weighted by Crippen LogP contribution is -1.98. The van der Waals surface area contributed by atoms with E-state index >= 15 is 0 Å². The van der Waals surface area contributed by atoms with Crippen molar-refractivity contribution < 1.29 is 4.74 Å². The number of nitrogens with zero attached hydrogens (tertiary/aromatic N) is 2. The van der Waals surface area contributed by atoms with Crippen molar-refractivity contribution in [1.82, 2.24) is 4.98 Å². The summed E-state index contributed by atoms with van der Waals surface area (Å²) in [4.78, 5) is 4.52. The molecule has 0 bridgehead atoms. The number of benzene rings is 1. The molecule has 3 rings (SSSR count). The van der Waals surface area contributed by atoms with Crippen LogP contribution in [0.15, 0.2) is 18.2 Å². The van der Waals surface area contributed by atoms with Gasteiger partial charge >= 0.3 is 0 Å². The summed E-state index contributed by atoms with van der Waals surface area (Å²) in [5.74, 6) is 1.05. The molecule has 0 saturated carbocycles. The van der Waals surface area contributed by atoms with E-state index < -0.39 is 0 Å². The number of nitriles is 1. The van der Waals surface area contributed by atoms with Gasteiger partial charge in [-0.25, -0.2) is 4.98 Å². The standard InChI is InChI=1S/C17H15ClN2O/c1-10-6-14(7-11(2)16(10)18)21-17-13(9-19)8-12-4-3-5-15(12)20-17/h6-8H,3-5H2,1-2H3. The highest BCUT2D eigenvalue weighted by molar-refractivity contribution is 6.32. The van der Waals surface area contributed by atoms with Gasteiger partial charge in [-0.2, -0.15) is 5.26 Å². The van der Waals surface area contributed by atoms with Gasteiger partial charge in [0.1, 0.15) is 17.4 Å². The number of hydrogen-bond acceptors (Lipinski definition) is 3. The molecule has 1 aromatic heterocycles. The van der Waals surface area contributed by atoms with E-state index in [4.69, 9.17) is 16.3 Å². The van der Waals surface area contributed by atoms with Gasteiger partial charge in [0.15, 0.2) is 0 Å². The van der Waals surface area contributed by atoms with Crippen LogP contribution in [0.5, 0.6) is 11.6 Å². The molecular weight excluding hydrogens is 284 g/mol. The summed E-state index contributed by atoms with van der Waals surface area (Å²) in [6, 6.07) is 7.81. The van der Waals surface area contributed by atoms with E-state index in [0.29, 0.717) is 17.2 Å². The number of pyridine rings is 1. The maximum atomic E-state index is 9.29. The van der Waals surface area contributed by atoms with Crippen molar-refractivity contribution in [2.75, 3.05) is 0 Å². The van der Waals surface area contributed by atoms with Crippen LogP contribution in [0.4, 0.5) is 0 Å². The molecule has 1 aliphatic rings. The number of halogens is 1. The van der Waals surface area contributed by atoms with Gasteiger partial charge in [0.05, 0.1) is 0 Å². The Morgan fingerprint density at radius 3 is 2.57 bits per heavy atom. The Bertz CT molecular complexity index is 739. The van der Waals surface area contributed by atoms with E-state index in [0.717, 1.165) is 41.1 Å². The smallest absolute Gasteiger partial charge is 0.237 e. The second-order valence-corrected chi connectivity index (χ2v) is 5.76. The van der Waals surface area contributed by atoms with Crippen molar-refractivity contribution in [3.05, 3.63) is 51.2 Å². The molecule has 1 aliphatic carbocycles. The molecular formula is C17H15ClN2O. The minimum atomic E-state index is 0.388. The highest BCUT2D eigenvalue weighted by Gasteiger charge is 2.18. The van der Waals surface area contributed by atoms with E-state index in [1.54, 1.807) is 0 Å². The molecule has 1 heterocycles. The Morgan fingerprint density at radius 1 is 1.19 bits per heavy atom. The number of aryl methyl sites for hydroxylation is 4. The van der Waals surface area contributed by atoms with Crippen molar-refractivity contribution in [2.45, 2.75) is 33.1 Å². The van der Waals surface area contributed by atoms with Crippen LogP contribution in [0.25, 0.3) is 0 Å². The highest BCUT2D eigenvalue weighted by Crippen LogP contribution is 2.32. The first-order valence-electron chi connectivity index (χ1n) is 6.96. The van der Waals surface area contributed by atoms with Gasteiger partial charge in [0.25, 0.3) is 0 Å². The van der Waals surface area contributed by atoms with Gasteiger partial charge in [0.2, 0.25) is 5.88 Å². The summed E-state index contributed by atoms with van der Waals surface area (Å²) in [6.07, 6.45) is 3.04. The third-order valence-corrected chi connectivity index (χ3v) is 4.36. The monoisotopic (exact) mass is 298 g/mol. The summed E-state index contributed by atoms with van der Waals surface area (Å²) in [7, 11) is 0. The minimum absolute atomic E-state index is 0.388. The minimum Gasteiger partial charge on any atom is -0.438 e. The average Bonchev–Trinajstić information content (AvgIpc) is 2.91. The normalized spacial score (nSPS) is 12.9. The molecule has 0 saturated heterocycles. The lowest BCUT2D eigenvalue weighted by molar-refractivity contribution is 0.458. The van der Waals surface area contributed by atoms with Crippen LogP contribution in [0, 0.1) is 25.2 Å². The zero-order valence-electron chi connectivity index (χ0n) is 12.0. The van der Waals surface area contributed by atoms with Crippen LogP contribution in [0.2, 0.25) is 5.02 Å². The molecule has 2 aromatic rings. The lowest BCUT2D eigenvalue weighted by atomic mass is 10.1. The molecule has 0 atom stereocenters. The van der Waals surface area contributed by atoms with E-state index in [1.807, 2.05) is 32.0 Å². The number of fused-ring (bicyclic) bond motifs is 1. The first kappa shape index (κ1) is 13.9. The third kappa shape index (κ3) is 2.59. The van der Waals surface area contributed by atoms with Crippen molar-refractivity contribution in [3.8, 4) is 17.7 Å². The second kappa shape index (κ2) is 5.38. The molecule has 3 nitrogen and oxygen atoms in total. The maximum absolute atomic E-state index is 9.29. The first-order valence-corrected chi connectivity index (χ1v) is 7.34. The fraction of sp³-hybridized carbons (Fsp3) is 0.294. The Morgan fingerprint density at radius 2 is 1.90 bits per heavy atom. The molecule has 0 spiro atoms. The topological polar surface area (TPSA) is 45.9 Å². The molecule has 21 heavy (non-hydrogen) atoms. The Balaban J connectivity index is 2.00. The Hall–Kier alpha value is -2.05. The van der Waals surface area contributed by atoms with Crippen LogP contribution < -0.4 is 4.74 Å². The highest BCUT2D eigenvalue weighted by atomic mass is 35.5. The van der Waals surface area contributed by atoms with Gasteiger partial charge in [0, 0.05) is 10.7 Å². The molecule has 106 valence electrons. The predicted molar refractivity (Wildman–Crippen MR) is 82.0 cm³/mol. The van der Waals surface area contributed by atoms with Crippen LogP contribution in [-0.2, 0) is 12.8 Å². The van der Waals surface area contributed by atoms with Gasteiger partial charge < -0.3 is 4.74 Å². The molecule has 4 heteroatoms. The number of aromatic nitrogens is 1. The Kier molecular flexibility index (Phi) is 3.57. The number of hydrogen-bond donors (Lipinski definition) is 0. The maximum Gasteiger partial charge on any atom is 0.237 e. The van der Waals surface area contributed by atoms with Crippen LogP contribution in [0.3, 0.4) is 0 Å². The fourth-order valence-electron chi connectivity index (χ4n) is 2.69. The molecule has 0 amide bonds. The van der Waals surface area contributed by atoms with Crippen molar-refractivity contribution >= 4 is 11.6 Å². The van der Waals surface area contributed by atoms with Crippen molar-refractivity contribution in [3.63, 3.8) is 0 Å². The van der Waals surface area contributed by atoms with E-state index in [1.165, 1.54) is 5.56 Å². The molecule has 0 fully saturated rings. The zero-order valence-corrected chi connectivity index (χ0v) is 12.8. The largest absolute Gasteiger partial charge is 0.438 e. The van der Waals surface area contributed by atoms with E-state index in [9.17, 15) is 5.26 Å². The van der Waals surface area contributed by atoms with Crippen molar-refractivity contribution in [1.29, 1.82) is 5.26 Å². The van der Waals surface area contributed by atoms with Crippen LogP contribution >= 0.6 is 11.6 Å². The SMILES string of the molecule is Cc1cc(Oc2nc3c(cc2C#N)CCC3)cc(C)c1Cl. The average molecular weight is 299 g/mol. The number of ether oxygens (including phenoxy) is 1. The lowest BCUT2D eigenvalue weighted by Gasteiger charge is -2.11. The quantitative estimate of drug-likeness (QED) is 0.819. The van der Waals surface area contributed by atoms with Gasteiger partial charge in [-0.3, -0.25) is 0 Å². The van der Waals surface area contributed by atoms with E-state index in [-0.39, 0.29) is 0 Å². The number of rotatable bonds is 2. The molecule has 1 aromatic carbocycles. The summed E-state index contributed by atoms with van der Waals surface area (Å²) in [5.41, 5.74) is 4.60. The molecule has 0 radical (unpaired) electrons. The van der Waals surface area contributed by atoms with Crippen LogP contribution in [-0.4, -0.2) is 4.98 Å². The second-order valence-electron chi connectivity index (χ2n) is 5.39. The van der Waals surface area contributed by atoms with Crippen LogP contribution in [0.1, 0.15) is 34.4 Å². The van der Waals surface area contributed by atoms with Gasteiger partial charge in [-0.1, -0.05) is 11.6 Å². The molecule has 0 unspecified atom stereocenters. The fourth-order valence-corrected chi connectivity index (χ4v) is 2.80. The summed E-state index contributed by atoms with van der Waals surface area (Å²) in [6.45, 7) is 3.87. The predicted octanol–water partition coefficient (Wildman–Crippen LogP) is 4.50. The zero-order chi connectivity index (χ0) is 15.0. The Labute approximate surface area is 129 Å². The van der Waals surface area contributed by atoms with Crippen molar-refractivity contribution in [2.24, 2.45) is 0 Å². The third-order valence-electron chi connectivity index (χ3n) is 3.76. The van der Waals surface area contributed by atoms with Gasteiger partial charge in [-0.05, 0) is 68.0 Å². The summed E-state index contributed by atoms with van der Waals surface area (Å²) in [5, 5.41) is 10.0. The summed E-state index contributed by atoms with van der Waals surface area (Å²) >= 11 is 6.16. The van der Waals surface area contributed by atoms with Gasteiger partial charge in [-0.15, -0.1) is 0 Å². The molecule has 0 aliphatic heterocycles. The van der Waals surface area contributed by atoms with E-state index in [2.05, 4.69) is 11.1 Å². The molecule has 0 N–H and O–H groups in total. The first-order chi connectivity index (χ1) is 10.1.